The fourth-order valence-electron chi connectivity index (χ4n) is 3.79. The molecule has 4 N–H and O–H groups in total. The van der Waals surface area contributed by atoms with E-state index in [-0.39, 0.29) is 12.0 Å². The average Bonchev–Trinajstić information content (AvgIpc) is 2.74. The molecule has 2 aromatic rings. The summed E-state index contributed by atoms with van der Waals surface area (Å²) in [4.78, 5) is 48.0. The number of aromatic nitrogens is 2. The molecule has 34 heavy (non-hydrogen) atoms. The van der Waals surface area contributed by atoms with Crippen LogP contribution in [0.4, 0.5) is 22.0 Å². The molecule has 10 nitrogen and oxygen atoms in total. The summed E-state index contributed by atoms with van der Waals surface area (Å²) in [6, 6.07) is 4.86. The first-order valence-electron chi connectivity index (χ1n) is 11.2. The molecule has 0 spiro atoms. The van der Waals surface area contributed by atoms with E-state index in [1.54, 1.807) is 57.0 Å². The number of carbonyl (C=O) groups excluding carboxylic acids is 3. The number of nitrogens with two attached hydrogens (primary N) is 1. The normalized spacial score (nSPS) is 18.2. The second kappa shape index (κ2) is 10.1. The molecule has 2 atom stereocenters. The van der Waals surface area contributed by atoms with Crippen molar-refractivity contribution in [3.63, 3.8) is 0 Å². The van der Waals surface area contributed by atoms with Gasteiger partial charge in [-0.1, -0.05) is 6.92 Å². The molecule has 1 fully saturated rings. The molecule has 1 saturated heterocycles. The van der Waals surface area contributed by atoms with Crippen LogP contribution >= 0.6 is 0 Å². The maximum Gasteiger partial charge on any atom is 0.413 e. The van der Waals surface area contributed by atoms with Crippen molar-refractivity contribution in [3.8, 4) is 0 Å². The van der Waals surface area contributed by atoms with Crippen molar-refractivity contribution >= 4 is 35.1 Å². The van der Waals surface area contributed by atoms with Crippen molar-refractivity contribution in [1.29, 1.82) is 0 Å². The van der Waals surface area contributed by atoms with Crippen LogP contribution in [0.5, 0.6) is 0 Å². The second-order valence-corrected chi connectivity index (χ2v) is 9.64. The summed E-state index contributed by atoms with van der Waals surface area (Å²) in [6.45, 7) is 9.53. The maximum atomic E-state index is 13.1. The molecule has 0 saturated carbocycles. The standard InChI is InChI=1S/C24H32N6O4/c1-14-6-9-19(18-8-7-16(25)11-26-18)30(13-14)22(32)21(31)28-17-10-15(2)20(27-12-17)29-23(33)34-24(3,4)5/h7-8,10-12,14,19H,6,9,13,25H2,1-5H3,(H,28,31)(H,27,29,33). The lowest BCUT2D eigenvalue weighted by atomic mass is 9.92. The van der Waals surface area contributed by atoms with E-state index in [2.05, 4.69) is 27.5 Å². The fourth-order valence-corrected chi connectivity index (χ4v) is 3.79. The molecule has 1 aliphatic heterocycles. The molecule has 1 aliphatic rings. The molecule has 2 unspecified atom stereocenters. The zero-order chi connectivity index (χ0) is 25.0. The van der Waals surface area contributed by atoms with Crippen molar-refractivity contribution in [2.75, 3.05) is 22.9 Å². The summed E-state index contributed by atoms with van der Waals surface area (Å²) < 4.78 is 5.23. The molecule has 3 heterocycles. The van der Waals surface area contributed by atoms with Crippen LogP contribution in [0.15, 0.2) is 30.6 Å². The van der Waals surface area contributed by atoms with Crippen LogP contribution in [0, 0.1) is 12.8 Å². The smallest absolute Gasteiger partial charge is 0.413 e. The van der Waals surface area contributed by atoms with Gasteiger partial charge in [-0.2, -0.15) is 0 Å². The van der Waals surface area contributed by atoms with Gasteiger partial charge in [-0.05, 0) is 70.2 Å². The minimum atomic E-state index is -0.761. The van der Waals surface area contributed by atoms with Gasteiger partial charge in [0.1, 0.15) is 11.4 Å². The van der Waals surface area contributed by atoms with Gasteiger partial charge in [-0.3, -0.25) is 19.9 Å². The van der Waals surface area contributed by atoms with Crippen molar-refractivity contribution in [3.05, 3.63) is 41.9 Å². The third-order valence-corrected chi connectivity index (χ3v) is 5.38. The molecule has 2 aromatic heterocycles. The van der Waals surface area contributed by atoms with Crippen LogP contribution in [0.1, 0.15) is 57.8 Å². The van der Waals surface area contributed by atoms with E-state index in [1.165, 1.54) is 6.20 Å². The highest BCUT2D eigenvalue weighted by Crippen LogP contribution is 2.32. The molecule has 182 valence electrons. The monoisotopic (exact) mass is 468 g/mol. The van der Waals surface area contributed by atoms with Crippen molar-refractivity contribution in [1.82, 2.24) is 14.9 Å². The number of rotatable bonds is 3. The summed E-state index contributed by atoms with van der Waals surface area (Å²) in [5.74, 6) is -0.825. The number of carbonyl (C=O) groups is 3. The third-order valence-electron chi connectivity index (χ3n) is 5.38. The Morgan fingerprint density at radius 2 is 1.85 bits per heavy atom. The SMILES string of the molecule is Cc1cc(NC(=O)C(=O)N2CC(C)CCC2c2ccc(N)cn2)cnc1NC(=O)OC(C)(C)C. The lowest BCUT2D eigenvalue weighted by Gasteiger charge is -2.37. The van der Waals surface area contributed by atoms with Crippen LogP contribution in [0.25, 0.3) is 0 Å². The number of pyridine rings is 2. The van der Waals surface area contributed by atoms with Crippen molar-refractivity contribution in [2.45, 2.75) is 59.1 Å². The third kappa shape index (κ3) is 6.43. The van der Waals surface area contributed by atoms with E-state index in [9.17, 15) is 14.4 Å². The predicted octanol–water partition coefficient (Wildman–Crippen LogP) is 3.65. The molecule has 3 amide bonds. The lowest BCUT2D eigenvalue weighted by molar-refractivity contribution is -0.146. The van der Waals surface area contributed by atoms with Gasteiger partial charge in [0.25, 0.3) is 0 Å². The van der Waals surface area contributed by atoms with Gasteiger partial charge in [0.2, 0.25) is 0 Å². The largest absolute Gasteiger partial charge is 0.444 e. The number of nitrogen functional groups attached to an aromatic ring is 1. The van der Waals surface area contributed by atoms with E-state index < -0.39 is 23.5 Å². The van der Waals surface area contributed by atoms with Gasteiger partial charge in [0.15, 0.2) is 0 Å². The van der Waals surface area contributed by atoms with Crippen molar-refractivity contribution < 1.29 is 19.1 Å². The Kier molecular flexibility index (Phi) is 7.38. The first-order valence-corrected chi connectivity index (χ1v) is 11.2. The highest BCUT2D eigenvalue weighted by Gasteiger charge is 2.35. The molecule has 0 radical (unpaired) electrons. The summed E-state index contributed by atoms with van der Waals surface area (Å²) in [5.41, 5.74) is 7.29. The van der Waals surface area contributed by atoms with Crippen LogP contribution in [-0.2, 0) is 14.3 Å². The molecule has 0 bridgehead atoms. The number of likely N-dealkylation sites (tertiary alicyclic amines) is 1. The van der Waals surface area contributed by atoms with Crippen molar-refractivity contribution in [2.24, 2.45) is 5.92 Å². The van der Waals surface area contributed by atoms with Crippen LogP contribution in [-0.4, -0.2) is 44.9 Å². The van der Waals surface area contributed by atoms with Crippen LogP contribution < -0.4 is 16.4 Å². The van der Waals surface area contributed by atoms with Gasteiger partial charge >= 0.3 is 17.9 Å². The first-order chi connectivity index (χ1) is 15.9. The Morgan fingerprint density at radius 1 is 1.12 bits per heavy atom. The van der Waals surface area contributed by atoms with E-state index in [0.717, 1.165) is 6.42 Å². The number of amides is 3. The number of piperidine rings is 1. The predicted molar refractivity (Wildman–Crippen MR) is 129 cm³/mol. The summed E-state index contributed by atoms with van der Waals surface area (Å²) in [6.07, 6.45) is 3.94. The van der Waals surface area contributed by atoms with Gasteiger partial charge in [-0.15, -0.1) is 0 Å². The lowest BCUT2D eigenvalue weighted by Crippen LogP contribution is -2.46. The number of nitrogens with one attached hydrogen (secondary N) is 2. The maximum absolute atomic E-state index is 13.1. The molecule has 3 rings (SSSR count). The molecular formula is C24H32N6O4. The number of anilines is 3. The van der Waals surface area contributed by atoms with E-state index >= 15 is 0 Å². The summed E-state index contributed by atoms with van der Waals surface area (Å²) >= 11 is 0. The zero-order valence-electron chi connectivity index (χ0n) is 20.2. The zero-order valence-corrected chi connectivity index (χ0v) is 20.2. The minimum absolute atomic E-state index is 0.268. The Bertz CT molecular complexity index is 1060. The molecule has 10 heteroatoms. The minimum Gasteiger partial charge on any atom is -0.444 e. The Hall–Kier alpha value is -3.69. The fraction of sp³-hybridized carbons (Fsp3) is 0.458. The van der Waals surface area contributed by atoms with E-state index in [0.29, 0.717) is 41.4 Å². The van der Waals surface area contributed by atoms with Crippen LogP contribution in [0.3, 0.4) is 0 Å². The van der Waals surface area contributed by atoms with Gasteiger partial charge in [0.05, 0.1) is 35.5 Å². The topological polar surface area (TPSA) is 140 Å². The second-order valence-electron chi connectivity index (χ2n) is 9.64. The highest BCUT2D eigenvalue weighted by atomic mass is 16.6. The summed E-state index contributed by atoms with van der Waals surface area (Å²) in [5, 5.41) is 5.20. The first kappa shape index (κ1) is 24.9. The van der Waals surface area contributed by atoms with E-state index in [1.807, 2.05) is 0 Å². The molecule has 0 aromatic carbocycles. The van der Waals surface area contributed by atoms with Gasteiger partial charge in [-0.25, -0.2) is 9.78 Å². The quantitative estimate of drug-likeness (QED) is 0.584. The number of aryl methyl sites for hydroxylation is 1. The number of hydrogen-bond acceptors (Lipinski definition) is 7. The number of hydrogen-bond donors (Lipinski definition) is 3. The number of ether oxygens (including phenoxy) is 1. The Morgan fingerprint density at radius 3 is 2.47 bits per heavy atom. The Balaban J connectivity index is 1.70. The summed E-state index contributed by atoms with van der Waals surface area (Å²) in [7, 11) is 0. The van der Waals surface area contributed by atoms with Gasteiger partial charge in [0, 0.05) is 6.54 Å². The van der Waals surface area contributed by atoms with E-state index in [4.69, 9.17) is 10.5 Å². The number of nitrogens with zero attached hydrogens (tertiary/aromatic N) is 3. The average molecular weight is 469 g/mol. The highest BCUT2D eigenvalue weighted by molar-refractivity contribution is 6.39. The van der Waals surface area contributed by atoms with Crippen LogP contribution in [0.2, 0.25) is 0 Å². The molecular weight excluding hydrogens is 436 g/mol. The Labute approximate surface area is 199 Å². The molecule has 0 aliphatic carbocycles. The van der Waals surface area contributed by atoms with Gasteiger partial charge < -0.3 is 20.7 Å².